The van der Waals surface area contributed by atoms with Gasteiger partial charge in [-0.05, 0) is 66.7 Å². The smallest absolute Gasteiger partial charge is 0.137 e. The Labute approximate surface area is 196 Å². The molecule has 2 aromatic heterocycles. The summed E-state index contributed by atoms with van der Waals surface area (Å²) in [5.41, 5.74) is 6.62. The number of halogens is 1. The Kier molecular flexibility index (Phi) is 4.82. The number of pyridine rings is 1. The zero-order chi connectivity index (χ0) is 22.2. The predicted octanol–water partition coefficient (Wildman–Crippen LogP) is 8.77. The van der Waals surface area contributed by atoms with E-state index in [1.165, 1.54) is 0 Å². The second kappa shape index (κ2) is 8.12. The summed E-state index contributed by atoms with van der Waals surface area (Å²) in [5.74, 6) is 0. The fourth-order valence-corrected chi connectivity index (χ4v) is 4.48. The molecule has 6 rings (SSSR count). The van der Waals surface area contributed by atoms with Gasteiger partial charge in [-0.3, -0.25) is 4.98 Å². The highest BCUT2D eigenvalue weighted by Crippen LogP contribution is 2.39. The Morgan fingerprint density at radius 3 is 2.03 bits per heavy atom. The normalized spacial score (nSPS) is 11.2. The topological polar surface area (TPSA) is 29.3 Å². The highest BCUT2D eigenvalue weighted by Gasteiger charge is 2.16. The van der Waals surface area contributed by atoms with E-state index in [9.17, 15) is 0 Å². The van der Waals surface area contributed by atoms with Crippen molar-refractivity contribution in [3.63, 3.8) is 0 Å². The van der Waals surface area contributed by atoms with Crippen molar-refractivity contribution in [2.45, 2.75) is 0 Å². The molecule has 0 N–H and O–H groups in total. The minimum Gasteiger partial charge on any atom is -0.456 e. The Balaban J connectivity index is 1.50. The molecular weight excluding hydrogens is 428 g/mol. The van der Waals surface area contributed by atoms with Crippen molar-refractivity contribution in [1.29, 1.82) is 0 Å². The Bertz CT molecular complexity index is 1540. The molecule has 6 aromatic rings. The van der Waals surface area contributed by atoms with Gasteiger partial charge in [0.25, 0.3) is 0 Å². The van der Waals surface area contributed by atoms with Gasteiger partial charge in [0, 0.05) is 45.7 Å². The van der Waals surface area contributed by atoms with E-state index in [0.717, 1.165) is 50.3 Å². The zero-order valence-corrected chi connectivity index (χ0v) is 18.4. The molecular formula is C29H19ClN2O. The second-order valence-corrected chi connectivity index (χ2v) is 8.24. The standard InChI is InChI=1S/C29H19ClN2O/c30-26-12-7-17-31-29(26)20-13-16-27-25(18-20)24-15-14-23(19-28(24)33-27)32(21-8-3-1-4-9-21)22-10-5-2-6-11-22/h1-19H. The van der Waals surface area contributed by atoms with Crippen LogP contribution in [0.15, 0.2) is 120 Å². The van der Waals surface area contributed by atoms with Crippen LogP contribution in [0.5, 0.6) is 0 Å². The van der Waals surface area contributed by atoms with E-state index < -0.39 is 0 Å². The summed E-state index contributed by atoms with van der Waals surface area (Å²) in [6, 6.07) is 36.8. The number of fused-ring (bicyclic) bond motifs is 3. The van der Waals surface area contributed by atoms with Gasteiger partial charge in [-0.15, -0.1) is 0 Å². The van der Waals surface area contributed by atoms with Gasteiger partial charge < -0.3 is 9.32 Å². The quantitative estimate of drug-likeness (QED) is 0.271. The zero-order valence-electron chi connectivity index (χ0n) is 17.7. The highest BCUT2D eigenvalue weighted by molar-refractivity contribution is 6.33. The van der Waals surface area contributed by atoms with Crippen LogP contribution in [-0.2, 0) is 0 Å². The van der Waals surface area contributed by atoms with Gasteiger partial charge in [0.2, 0.25) is 0 Å². The molecule has 4 heteroatoms. The molecule has 0 saturated carbocycles. The first-order chi connectivity index (χ1) is 16.3. The molecule has 0 aliphatic rings. The average Bonchev–Trinajstić information content (AvgIpc) is 3.23. The minimum atomic E-state index is 0.633. The van der Waals surface area contributed by atoms with Crippen molar-refractivity contribution in [3.8, 4) is 11.3 Å². The summed E-state index contributed by atoms with van der Waals surface area (Å²) < 4.78 is 6.26. The van der Waals surface area contributed by atoms with Gasteiger partial charge in [-0.2, -0.15) is 0 Å². The molecule has 4 aromatic carbocycles. The van der Waals surface area contributed by atoms with Crippen molar-refractivity contribution in [2.75, 3.05) is 4.90 Å². The van der Waals surface area contributed by atoms with Crippen molar-refractivity contribution in [1.82, 2.24) is 4.98 Å². The largest absolute Gasteiger partial charge is 0.456 e. The van der Waals surface area contributed by atoms with Crippen LogP contribution in [0.2, 0.25) is 5.02 Å². The highest BCUT2D eigenvalue weighted by atomic mass is 35.5. The molecule has 0 atom stereocenters. The van der Waals surface area contributed by atoms with Crippen LogP contribution in [0.4, 0.5) is 17.1 Å². The van der Waals surface area contributed by atoms with Crippen molar-refractivity contribution in [2.24, 2.45) is 0 Å². The summed E-state index contributed by atoms with van der Waals surface area (Å²) in [4.78, 5) is 6.68. The molecule has 2 heterocycles. The molecule has 0 spiro atoms. The number of anilines is 3. The lowest BCUT2D eigenvalue weighted by molar-refractivity contribution is 0.669. The van der Waals surface area contributed by atoms with Crippen LogP contribution in [0, 0.1) is 0 Å². The number of nitrogens with zero attached hydrogens (tertiary/aromatic N) is 2. The van der Waals surface area contributed by atoms with E-state index in [2.05, 4.69) is 82.7 Å². The van der Waals surface area contributed by atoms with E-state index in [1.54, 1.807) is 6.20 Å². The molecule has 33 heavy (non-hydrogen) atoms. The number of hydrogen-bond acceptors (Lipinski definition) is 3. The van der Waals surface area contributed by atoms with Crippen LogP contribution in [0.1, 0.15) is 0 Å². The Morgan fingerprint density at radius 1 is 0.606 bits per heavy atom. The van der Waals surface area contributed by atoms with Crippen LogP contribution < -0.4 is 4.90 Å². The summed E-state index contributed by atoms with van der Waals surface area (Å²) in [5, 5.41) is 2.73. The van der Waals surface area contributed by atoms with Gasteiger partial charge in [0.15, 0.2) is 0 Å². The molecule has 0 radical (unpaired) electrons. The van der Waals surface area contributed by atoms with Crippen molar-refractivity contribution in [3.05, 3.63) is 120 Å². The third-order valence-corrected chi connectivity index (χ3v) is 6.08. The van der Waals surface area contributed by atoms with E-state index >= 15 is 0 Å². The number of para-hydroxylation sites is 2. The Hall–Kier alpha value is -4.08. The third-order valence-electron chi connectivity index (χ3n) is 5.77. The molecule has 158 valence electrons. The van der Waals surface area contributed by atoms with Crippen LogP contribution in [-0.4, -0.2) is 4.98 Å². The number of benzene rings is 4. The molecule has 0 saturated heterocycles. The summed E-state index contributed by atoms with van der Waals surface area (Å²) in [6.45, 7) is 0. The van der Waals surface area contributed by atoms with Crippen LogP contribution >= 0.6 is 11.6 Å². The Morgan fingerprint density at radius 2 is 1.33 bits per heavy atom. The van der Waals surface area contributed by atoms with Gasteiger partial charge in [0.1, 0.15) is 11.2 Å². The maximum atomic E-state index is 6.38. The molecule has 0 fully saturated rings. The monoisotopic (exact) mass is 446 g/mol. The lowest BCUT2D eigenvalue weighted by atomic mass is 10.1. The van der Waals surface area contributed by atoms with Crippen molar-refractivity contribution < 1.29 is 4.42 Å². The third kappa shape index (κ3) is 3.53. The fourth-order valence-electron chi connectivity index (χ4n) is 4.25. The van der Waals surface area contributed by atoms with E-state index in [4.69, 9.17) is 16.0 Å². The SMILES string of the molecule is Clc1cccnc1-c1ccc2oc3cc(N(c4ccccc4)c4ccccc4)ccc3c2c1. The van der Waals surface area contributed by atoms with Gasteiger partial charge in [-0.25, -0.2) is 0 Å². The second-order valence-electron chi connectivity index (χ2n) is 7.83. The molecule has 0 aliphatic carbocycles. The first kappa shape index (κ1) is 19.6. The van der Waals surface area contributed by atoms with E-state index in [0.29, 0.717) is 5.02 Å². The van der Waals surface area contributed by atoms with Gasteiger partial charge in [-0.1, -0.05) is 48.0 Å². The number of furan rings is 1. The maximum absolute atomic E-state index is 6.38. The number of rotatable bonds is 4. The average molecular weight is 447 g/mol. The molecule has 3 nitrogen and oxygen atoms in total. The lowest BCUT2D eigenvalue weighted by Crippen LogP contribution is -2.09. The first-order valence-corrected chi connectivity index (χ1v) is 11.1. The molecule has 0 unspecified atom stereocenters. The fraction of sp³-hybridized carbons (Fsp3) is 0. The van der Waals surface area contributed by atoms with Crippen LogP contribution in [0.3, 0.4) is 0 Å². The minimum absolute atomic E-state index is 0.633. The van der Waals surface area contributed by atoms with Gasteiger partial charge >= 0.3 is 0 Å². The summed E-state index contributed by atoms with van der Waals surface area (Å²) in [7, 11) is 0. The van der Waals surface area contributed by atoms with E-state index in [-0.39, 0.29) is 0 Å². The lowest BCUT2D eigenvalue weighted by Gasteiger charge is -2.25. The summed E-state index contributed by atoms with van der Waals surface area (Å²) >= 11 is 6.38. The predicted molar refractivity (Wildman–Crippen MR) is 137 cm³/mol. The molecule has 0 bridgehead atoms. The summed E-state index contributed by atoms with van der Waals surface area (Å²) in [6.07, 6.45) is 1.76. The van der Waals surface area contributed by atoms with Crippen molar-refractivity contribution >= 4 is 50.6 Å². The maximum Gasteiger partial charge on any atom is 0.137 e. The number of aromatic nitrogens is 1. The number of hydrogen-bond donors (Lipinski definition) is 0. The molecule has 0 amide bonds. The van der Waals surface area contributed by atoms with E-state index in [1.807, 2.05) is 36.4 Å². The molecule has 0 aliphatic heterocycles. The first-order valence-electron chi connectivity index (χ1n) is 10.8. The van der Waals surface area contributed by atoms with Gasteiger partial charge in [0.05, 0.1) is 10.7 Å². The van der Waals surface area contributed by atoms with Crippen LogP contribution in [0.25, 0.3) is 33.2 Å².